The number of hydrogen-bond donors (Lipinski definition) is 1. The van der Waals surface area contributed by atoms with Gasteiger partial charge in [-0.2, -0.15) is 0 Å². The molecule has 16 heavy (non-hydrogen) atoms. The minimum Gasteiger partial charge on any atom is -0.384 e. The van der Waals surface area contributed by atoms with Crippen LogP contribution < -0.4 is 5.73 Å². The van der Waals surface area contributed by atoms with E-state index in [2.05, 4.69) is 24.3 Å². The van der Waals surface area contributed by atoms with Crippen molar-refractivity contribution in [2.24, 2.45) is 5.73 Å². The van der Waals surface area contributed by atoms with Crippen LogP contribution in [0.3, 0.4) is 0 Å². The quantitative estimate of drug-likeness (QED) is 0.844. The molecular formula is C14H21NO. The summed E-state index contributed by atoms with van der Waals surface area (Å²) in [6.45, 7) is 1.46. The fourth-order valence-electron chi connectivity index (χ4n) is 2.87. The van der Waals surface area contributed by atoms with Crippen molar-refractivity contribution >= 4 is 0 Å². The first-order valence-electron chi connectivity index (χ1n) is 6.09. The second kappa shape index (κ2) is 4.98. The Labute approximate surface area is 97.8 Å². The molecule has 0 atom stereocenters. The Kier molecular flexibility index (Phi) is 3.62. The third-order valence-electron chi connectivity index (χ3n) is 3.76. The van der Waals surface area contributed by atoms with Gasteiger partial charge in [-0.1, -0.05) is 37.1 Å². The molecule has 1 aromatic rings. The number of methoxy groups -OCH3 is 1. The average molecular weight is 219 g/mol. The van der Waals surface area contributed by atoms with Crippen LogP contribution in [0.4, 0.5) is 0 Å². The maximum atomic E-state index is 5.70. The number of nitrogens with two attached hydrogens (primary N) is 1. The van der Waals surface area contributed by atoms with E-state index < -0.39 is 0 Å². The van der Waals surface area contributed by atoms with Crippen LogP contribution in [0, 0.1) is 0 Å². The normalized spacial score (nSPS) is 18.9. The second-order valence-electron chi connectivity index (χ2n) is 4.82. The lowest BCUT2D eigenvalue weighted by Gasteiger charge is -2.29. The molecule has 0 aromatic heterocycles. The zero-order chi connectivity index (χ0) is 11.4. The molecule has 2 N–H and O–H groups in total. The summed E-state index contributed by atoms with van der Waals surface area (Å²) in [6, 6.07) is 8.69. The summed E-state index contributed by atoms with van der Waals surface area (Å²) in [6.07, 6.45) is 5.12. The van der Waals surface area contributed by atoms with E-state index in [1.54, 1.807) is 7.11 Å². The predicted octanol–water partition coefficient (Wildman–Crippen LogP) is 2.60. The molecule has 0 amide bonds. The summed E-state index contributed by atoms with van der Waals surface area (Å²) in [5, 5.41) is 0. The largest absolute Gasteiger partial charge is 0.384 e. The van der Waals surface area contributed by atoms with Crippen molar-refractivity contribution < 1.29 is 4.74 Å². The fraction of sp³-hybridized carbons (Fsp3) is 0.571. The first-order valence-corrected chi connectivity index (χ1v) is 6.09. The molecule has 0 radical (unpaired) electrons. The van der Waals surface area contributed by atoms with Gasteiger partial charge in [-0.15, -0.1) is 0 Å². The van der Waals surface area contributed by atoms with Gasteiger partial charge in [0, 0.05) is 19.1 Å². The Morgan fingerprint density at radius 1 is 1.31 bits per heavy atom. The Hall–Kier alpha value is -0.860. The standard InChI is InChI=1S/C14H21NO/c1-16-11-14(7-2-3-8-14)13-6-4-5-12(9-13)10-15/h4-6,9H,2-3,7-8,10-11,15H2,1H3. The lowest BCUT2D eigenvalue weighted by Crippen LogP contribution is -2.28. The highest BCUT2D eigenvalue weighted by Crippen LogP contribution is 2.41. The number of ether oxygens (including phenoxy) is 1. The van der Waals surface area contributed by atoms with Crippen LogP contribution in [-0.4, -0.2) is 13.7 Å². The van der Waals surface area contributed by atoms with E-state index in [0.717, 1.165) is 6.61 Å². The topological polar surface area (TPSA) is 35.2 Å². The van der Waals surface area contributed by atoms with Crippen LogP contribution in [0.5, 0.6) is 0 Å². The van der Waals surface area contributed by atoms with Gasteiger partial charge in [-0.25, -0.2) is 0 Å². The molecule has 0 aliphatic heterocycles. The van der Waals surface area contributed by atoms with Crippen LogP contribution in [0.25, 0.3) is 0 Å². The maximum absolute atomic E-state index is 5.70. The van der Waals surface area contributed by atoms with E-state index in [9.17, 15) is 0 Å². The third-order valence-corrected chi connectivity index (χ3v) is 3.76. The van der Waals surface area contributed by atoms with Gasteiger partial charge in [0.05, 0.1) is 6.61 Å². The summed E-state index contributed by atoms with van der Waals surface area (Å²) >= 11 is 0. The molecule has 2 rings (SSSR count). The van der Waals surface area contributed by atoms with Gasteiger partial charge in [0.1, 0.15) is 0 Å². The molecule has 0 heterocycles. The third kappa shape index (κ3) is 2.13. The van der Waals surface area contributed by atoms with E-state index in [4.69, 9.17) is 10.5 Å². The molecular weight excluding hydrogens is 198 g/mol. The van der Waals surface area contributed by atoms with E-state index >= 15 is 0 Å². The zero-order valence-corrected chi connectivity index (χ0v) is 10.0. The Morgan fingerprint density at radius 2 is 2.06 bits per heavy atom. The minimum atomic E-state index is 0.250. The fourth-order valence-corrected chi connectivity index (χ4v) is 2.87. The first-order chi connectivity index (χ1) is 7.80. The van der Waals surface area contributed by atoms with Crippen molar-refractivity contribution in [3.8, 4) is 0 Å². The van der Waals surface area contributed by atoms with Crippen LogP contribution in [0.15, 0.2) is 24.3 Å². The molecule has 1 fully saturated rings. The molecule has 0 bridgehead atoms. The van der Waals surface area contributed by atoms with Crippen molar-refractivity contribution in [2.45, 2.75) is 37.6 Å². The van der Waals surface area contributed by atoms with Crippen molar-refractivity contribution in [2.75, 3.05) is 13.7 Å². The molecule has 0 saturated heterocycles. The van der Waals surface area contributed by atoms with E-state index in [-0.39, 0.29) is 5.41 Å². The minimum absolute atomic E-state index is 0.250. The SMILES string of the molecule is COCC1(c2cccc(CN)c2)CCCC1. The molecule has 0 unspecified atom stereocenters. The highest BCUT2D eigenvalue weighted by Gasteiger charge is 2.35. The number of hydrogen-bond acceptors (Lipinski definition) is 2. The van der Waals surface area contributed by atoms with Crippen LogP contribution in [0.2, 0.25) is 0 Å². The van der Waals surface area contributed by atoms with Gasteiger partial charge >= 0.3 is 0 Å². The molecule has 88 valence electrons. The highest BCUT2D eigenvalue weighted by molar-refractivity contribution is 5.31. The molecule has 2 nitrogen and oxygen atoms in total. The summed E-state index contributed by atoms with van der Waals surface area (Å²) in [4.78, 5) is 0. The van der Waals surface area contributed by atoms with Gasteiger partial charge in [0.25, 0.3) is 0 Å². The van der Waals surface area contributed by atoms with Crippen molar-refractivity contribution in [3.63, 3.8) is 0 Å². The number of rotatable bonds is 4. The highest BCUT2D eigenvalue weighted by atomic mass is 16.5. The molecule has 1 aromatic carbocycles. The van der Waals surface area contributed by atoms with Crippen LogP contribution in [-0.2, 0) is 16.7 Å². The lowest BCUT2D eigenvalue weighted by atomic mass is 9.79. The van der Waals surface area contributed by atoms with Crippen LogP contribution in [0.1, 0.15) is 36.8 Å². The van der Waals surface area contributed by atoms with Gasteiger partial charge in [0.15, 0.2) is 0 Å². The van der Waals surface area contributed by atoms with E-state index in [0.29, 0.717) is 6.54 Å². The van der Waals surface area contributed by atoms with Gasteiger partial charge in [-0.3, -0.25) is 0 Å². The van der Waals surface area contributed by atoms with E-state index in [1.165, 1.54) is 36.8 Å². The van der Waals surface area contributed by atoms with Crippen LogP contribution >= 0.6 is 0 Å². The Bertz CT molecular complexity index is 342. The predicted molar refractivity (Wildman–Crippen MR) is 66.4 cm³/mol. The van der Waals surface area contributed by atoms with E-state index in [1.807, 2.05) is 0 Å². The average Bonchev–Trinajstić information content (AvgIpc) is 2.80. The molecule has 2 heteroatoms. The lowest BCUT2D eigenvalue weighted by molar-refractivity contribution is 0.131. The summed E-state index contributed by atoms with van der Waals surface area (Å²) < 4.78 is 5.43. The monoisotopic (exact) mass is 219 g/mol. The molecule has 1 aliphatic rings. The van der Waals surface area contributed by atoms with Gasteiger partial charge in [0.2, 0.25) is 0 Å². The smallest absolute Gasteiger partial charge is 0.0559 e. The maximum Gasteiger partial charge on any atom is 0.0559 e. The summed E-state index contributed by atoms with van der Waals surface area (Å²) in [5.74, 6) is 0. The van der Waals surface area contributed by atoms with Crippen molar-refractivity contribution in [1.82, 2.24) is 0 Å². The van der Waals surface area contributed by atoms with Crippen molar-refractivity contribution in [1.29, 1.82) is 0 Å². The Morgan fingerprint density at radius 3 is 2.69 bits per heavy atom. The zero-order valence-electron chi connectivity index (χ0n) is 10.0. The molecule has 1 aliphatic carbocycles. The molecule has 1 saturated carbocycles. The van der Waals surface area contributed by atoms with Crippen molar-refractivity contribution in [3.05, 3.63) is 35.4 Å². The Balaban J connectivity index is 2.30. The summed E-state index contributed by atoms with van der Waals surface area (Å²) in [5.41, 5.74) is 8.59. The van der Waals surface area contributed by atoms with Gasteiger partial charge < -0.3 is 10.5 Å². The van der Waals surface area contributed by atoms with Gasteiger partial charge in [-0.05, 0) is 24.0 Å². The number of benzene rings is 1. The second-order valence-corrected chi connectivity index (χ2v) is 4.82. The molecule has 0 spiro atoms. The first kappa shape index (κ1) is 11.6. The summed E-state index contributed by atoms with van der Waals surface area (Å²) in [7, 11) is 1.80.